The normalized spacial score (nSPS) is 18.4. The molecule has 1 saturated heterocycles. The number of benzene rings is 1. The molecule has 0 aliphatic carbocycles. The van der Waals surface area contributed by atoms with Gasteiger partial charge in [0.2, 0.25) is 0 Å². The number of rotatable bonds is 3. The van der Waals surface area contributed by atoms with Gasteiger partial charge in [-0.05, 0) is 55.5 Å². The fourth-order valence-electron chi connectivity index (χ4n) is 2.92. The molecule has 0 aromatic heterocycles. The van der Waals surface area contributed by atoms with Crippen molar-refractivity contribution >= 4 is 0 Å². The maximum Gasteiger partial charge on any atom is 0.419 e. The van der Waals surface area contributed by atoms with Crippen molar-refractivity contribution in [2.75, 3.05) is 13.1 Å². The van der Waals surface area contributed by atoms with Crippen LogP contribution in [0.2, 0.25) is 0 Å². The first-order valence-electron chi connectivity index (χ1n) is 7.35. The molecule has 21 heavy (non-hydrogen) atoms. The van der Waals surface area contributed by atoms with Gasteiger partial charge in [0.1, 0.15) is 5.82 Å². The lowest BCUT2D eigenvalue weighted by Gasteiger charge is -2.33. The molecule has 0 unspecified atom stereocenters. The third kappa shape index (κ3) is 4.19. The molecule has 2 rings (SSSR count). The third-order valence-electron chi connectivity index (χ3n) is 4.32. The van der Waals surface area contributed by atoms with Crippen LogP contribution in [0.1, 0.15) is 37.8 Å². The molecule has 5 heteroatoms. The third-order valence-corrected chi connectivity index (χ3v) is 4.32. The fraction of sp³-hybridized carbons (Fsp3) is 0.625. The minimum atomic E-state index is -4.63. The Morgan fingerprint density at radius 1 is 1.19 bits per heavy atom. The van der Waals surface area contributed by atoms with Gasteiger partial charge in [-0.15, -0.1) is 0 Å². The summed E-state index contributed by atoms with van der Waals surface area (Å²) in [5, 5.41) is 0. The topological polar surface area (TPSA) is 3.24 Å². The largest absolute Gasteiger partial charge is 0.419 e. The van der Waals surface area contributed by atoms with E-state index in [4.69, 9.17) is 0 Å². The Hall–Kier alpha value is -1.10. The molecule has 0 amide bonds. The molecule has 0 N–H and O–H groups in total. The minimum absolute atomic E-state index is 0.514. The number of piperidine rings is 1. The van der Waals surface area contributed by atoms with Crippen molar-refractivity contribution in [1.82, 2.24) is 4.90 Å². The van der Waals surface area contributed by atoms with E-state index in [1.165, 1.54) is 6.07 Å². The first-order valence-corrected chi connectivity index (χ1v) is 7.35. The van der Waals surface area contributed by atoms with Crippen LogP contribution < -0.4 is 0 Å². The monoisotopic (exact) mass is 303 g/mol. The summed E-state index contributed by atoms with van der Waals surface area (Å²) < 4.78 is 51.1. The summed E-state index contributed by atoms with van der Waals surface area (Å²) >= 11 is 0. The molecule has 1 fully saturated rings. The Balaban J connectivity index is 1.97. The molecule has 1 aliphatic rings. The highest BCUT2D eigenvalue weighted by molar-refractivity contribution is 5.26. The Bertz CT molecular complexity index is 474. The number of alkyl halides is 3. The van der Waals surface area contributed by atoms with Crippen LogP contribution in [0.15, 0.2) is 18.2 Å². The summed E-state index contributed by atoms with van der Waals surface area (Å²) in [7, 11) is 0. The lowest BCUT2D eigenvalue weighted by Crippen LogP contribution is -2.34. The van der Waals surface area contributed by atoms with Gasteiger partial charge in [-0.25, -0.2) is 4.39 Å². The maximum atomic E-state index is 13.5. The summed E-state index contributed by atoms with van der Waals surface area (Å²) in [6, 6.07) is 3.23. The zero-order valence-corrected chi connectivity index (χ0v) is 12.4. The van der Waals surface area contributed by atoms with Crippen molar-refractivity contribution in [3.8, 4) is 0 Å². The lowest BCUT2D eigenvalue weighted by molar-refractivity contribution is -0.140. The Morgan fingerprint density at radius 2 is 1.81 bits per heavy atom. The van der Waals surface area contributed by atoms with Crippen molar-refractivity contribution in [3.63, 3.8) is 0 Å². The predicted octanol–water partition coefficient (Wildman–Crippen LogP) is 4.71. The van der Waals surface area contributed by atoms with Crippen molar-refractivity contribution in [3.05, 3.63) is 35.1 Å². The number of halogens is 4. The van der Waals surface area contributed by atoms with Gasteiger partial charge < -0.3 is 0 Å². The highest BCUT2D eigenvalue weighted by atomic mass is 19.4. The van der Waals surface area contributed by atoms with Crippen LogP contribution >= 0.6 is 0 Å². The average molecular weight is 303 g/mol. The first kappa shape index (κ1) is 16.3. The number of nitrogens with zero attached hydrogens (tertiary/aromatic N) is 1. The number of hydrogen-bond acceptors (Lipinski definition) is 1. The van der Waals surface area contributed by atoms with Gasteiger partial charge in [0, 0.05) is 6.54 Å². The zero-order chi connectivity index (χ0) is 15.6. The van der Waals surface area contributed by atoms with E-state index >= 15 is 0 Å². The van der Waals surface area contributed by atoms with E-state index in [1.807, 2.05) is 0 Å². The van der Waals surface area contributed by atoms with Crippen LogP contribution in [0, 0.1) is 17.7 Å². The van der Waals surface area contributed by atoms with Crippen molar-refractivity contribution < 1.29 is 17.6 Å². The van der Waals surface area contributed by atoms with Crippen LogP contribution in [-0.2, 0) is 12.7 Å². The smallest absolute Gasteiger partial charge is 0.299 e. The van der Waals surface area contributed by atoms with Gasteiger partial charge in [0.25, 0.3) is 0 Å². The van der Waals surface area contributed by atoms with Gasteiger partial charge in [0.15, 0.2) is 0 Å². The zero-order valence-electron chi connectivity index (χ0n) is 12.4. The SMILES string of the molecule is CC(C)C1CCN(Cc2ccc(C(F)(F)F)c(F)c2)CC1. The van der Waals surface area contributed by atoms with Gasteiger partial charge in [-0.3, -0.25) is 4.90 Å². The first-order chi connectivity index (χ1) is 9.77. The molecule has 1 nitrogen and oxygen atoms in total. The van der Waals surface area contributed by atoms with E-state index in [2.05, 4.69) is 18.7 Å². The van der Waals surface area contributed by atoms with E-state index in [0.29, 0.717) is 23.9 Å². The van der Waals surface area contributed by atoms with Crippen LogP contribution in [0.3, 0.4) is 0 Å². The summed E-state index contributed by atoms with van der Waals surface area (Å²) in [5.74, 6) is 0.193. The van der Waals surface area contributed by atoms with E-state index in [-0.39, 0.29) is 0 Å². The minimum Gasteiger partial charge on any atom is -0.299 e. The van der Waals surface area contributed by atoms with Crippen molar-refractivity contribution in [1.29, 1.82) is 0 Å². The van der Waals surface area contributed by atoms with Gasteiger partial charge in [-0.1, -0.05) is 19.9 Å². The fourth-order valence-corrected chi connectivity index (χ4v) is 2.92. The second-order valence-electron chi connectivity index (χ2n) is 6.17. The molecule has 1 aromatic carbocycles. The second-order valence-corrected chi connectivity index (χ2v) is 6.17. The van der Waals surface area contributed by atoms with E-state index in [9.17, 15) is 17.6 Å². The number of hydrogen-bond donors (Lipinski definition) is 0. The quantitative estimate of drug-likeness (QED) is 0.731. The van der Waals surface area contributed by atoms with Crippen molar-refractivity contribution in [2.45, 2.75) is 39.4 Å². The summed E-state index contributed by atoms with van der Waals surface area (Å²) in [4.78, 5) is 2.18. The van der Waals surface area contributed by atoms with Crippen LogP contribution in [0.25, 0.3) is 0 Å². The molecule has 0 spiro atoms. The number of likely N-dealkylation sites (tertiary alicyclic amines) is 1. The highest BCUT2D eigenvalue weighted by Gasteiger charge is 2.34. The molecule has 118 valence electrons. The summed E-state index contributed by atoms with van der Waals surface area (Å²) in [6.07, 6.45) is -2.43. The Kier molecular flexibility index (Phi) is 4.91. The molecule has 1 aliphatic heterocycles. The Morgan fingerprint density at radius 3 is 2.29 bits per heavy atom. The van der Waals surface area contributed by atoms with Crippen LogP contribution in [0.4, 0.5) is 17.6 Å². The standard InChI is InChI=1S/C16H21F4N/c1-11(2)13-5-7-21(8-6-13)10-12-3-4-14(15(17)9-12)16(18,19)20/h3-4,9,11,13H,5-8,10H2,1-2H3. The molecule has 1 aromatic rings. The van der Waals surface area contributed by atoms with E-state index < -0.39 is 17.6 Å². The average Bonchev–Trinajstić information content (AvgIpc) is 2.37. The van der Waals surface area contributed by atoms with E-state index in [0.717, 1.165) is 38.1 Å². The van der Waals surface area contributed by atoms with Crippen molar-refractivity contribution in [2.24, 2.45) is 11.8 Å². The highest BCUT2D eigenvalue weighted by Crippen LogP contribution is 2.32. The molecular weight excluding hydrogens is 282 g/mol. The van der Waals surface area contributed by atoms with Crippen LogP contribution in [0.5, 0.6) is 0 Å². The Labute approximate surface area is 122 Å². The van der Waals surface area contributed by atoms with E-state index in [1.54, 1.807) is 0 Å². The second kappa shape index (κ2) is 6.34. The molecule has 1 heterocycles. The molecule has 0 atom stereocenters. The van der Waals surface area contributed by atoms with Gasteiger partial charge in [0.05, 0.1) is 5.56 Å². The molecule has 0 saturated carbocycles. The molecular formula is C16H21F4N. The maximum absolute atomic E-state index is 13.5. The lowest BCUT2D eigenvalue weighted by atomic mass is 9.86. The summed E-state index contributed by atoms with van der Waals surface area (Å²) in [5.41, 5.74) is -0.590. The van der Waals surface area contributed by atoms with Gasteiger partial charge in [-0.2, -0.15) is 13.2 Å². The van der Waals surface area contributed by atoms with Gasteiger partial charge >= 0.3 is 6.18 Å². The van der Waals surface area contributed by atoms with Crippen LogP contribution in [-0.4, -0.2) is 18.0 Å². The molecule has 0 bridgehead atoms. The summed E-state index contributed by atoms with van der Waals surface area (Å²) in [6.45, 7) is 6.79. The predicted molar refractivity (Wildman–Crippen MR) is 74.2 cm³/mol. The molecule has 0 radical (unpaired) electrons.